The predicted molar refractivity (Wildman–Crippen MR) is 104 cm³/mol. The molecule has 3 aromatic rings. The van der Waals surface area contributed by atoms with Gasteiger partial charge in [-0.3, -0.25) is 9.59 Å². The van der Waals surface area contributed by atoms with Crippen LogP contribution in [0.25, 0.3) is 11.5 Å². The summed E-state index contributed by atoms with van der Waals surface area (Å²) in [6.45, 7) is 0.470. The highest BCUT2D eigenvalue weighted by atomic mass is 35.5. The summed E-state index contributed by atoms with van der Waals surface area (Å²) in [7, 11) is 0. The molecule has 2 aromatic heterocycles. The summed E-state index contributed by atoms with van der Waals surface area (Å²) >= 11 is 5.90. The SMILES string of the molecule is O=C(NCCC(=O)N(Cc1nnc(-c2ccc(Cl)cc2)o1)C1CC1)c1ccco1. The summed E-state index contributed by atoms with van der Waals surface area (Å²) in [4.78, 5) is 26.3. The van der Waals surface area contributed by atoms with Gasteiger partial charge in [0, 0.05) is 29.6 Å². The van der Waals surface area contributed by atoms with Crippen molar-refractivity contribution in [2.24, 2.45) is 0 Å². The van der Waals surface area contributed by atoms with Crippen molar-refractivity contribution in [1.82, 2.24) is 20.4 Å². The predicted octanol–water partition coefficient (Wildman–Crippen LogP) is 3.29. The molecule has 1 N–H and O–H groups in total. The molecule has 150 valence electrons. The van der Waals surface area contributed by atoms with Gasteiger partial charge in [-0.2, -0.15) is 0 Å². The van der Waals surface area contributed by atoms with E-state index < -0.39 is 0 Å². The highest BCUT2D eigenvalue weighted by Gasteiger charge is 2.33. The van der Waals surface area contributed by atoms with Crippen LogP contribution in [0.2, 0.25) is 5.02 Å². The molecular weight excluding hydrogens is 396 g/mol. The number of hydrogen-bond donors (Lipinski definition) is 1. The van der Waals surface area contributed by atoms with E-state index >= 15 is 0 Å². The summed E-state index contributed by atoms with van der Waals surface area (Å²) < 4.78 is 10.7. The van der Waals surface area contributed by atoms with Crippen LogP contribution in [0.15, 0.2) is 51.5 Å². The second-order valence-electron chi connectivity index (χ2n) is 6.74. The maximum absolute atomic E-state index is 12.7. The van der Waals surface area contributed by atoms with Crippen LogP contribution in [0.4, 0.5) is 0 Å². The first kappa shape index (κ1) is 19.2. The van der Waals surface area contributed by atoms with Crippen molar-refractivity contribution in [2.75, 3.05) is 6.54 Å². The molecule has 0 bridgehead atoms. The van der Waals surface area contributed by atoms with Gasteiger partial charge in [0.1, 0.15) is 0 Å². The molecule has 1 saturated carbocycles. The minimum atomic E-state index is -0.342. The Labute approximate surface area is 171 Å². The van der Waals surface area contributed by atoms with E-state index in [0.717, 1.165) is 18.4 Å². The fourth-order valence-electron chi connectivity index (χ4n) is 2.90. The number of hydrogen-bond acceptors (Lipinski definition) is 6. The molecule has 1 fully saturated rings. The van der Waals surface area contributed by atoms with Gasteiger partial charge in [-0.1, -0.05) is 11.6 Å². The monoisotopic (exact) mass is 414 g/mol. The van der Waals surface area contributed by atoms with Crippen LogP contribution in [-0.4, -0.2) is 39.5 Å². The van der Waals surface area contributed by atoms with Gasteiger partial charge in [-0.15, -0.1) is 10.2 Å². The molecule has 8 nitrogen and oxygen atoms in total. The highest BCUT2D eigenvalue weighted by molar-refractivity contribution is 6.30. The quantitative estimate of drug-likeness (QED) is 0.606. The molecule has 0 spiro atoms. The number of carbonyl (C=O) groups is 2. The van der Waals surface area contributed by atoms with E-state index in [4.69, 9.17) is 20.4 Å². The summed E-state index contributed by atoms with van der Waals surface area (Å²) in [5.74, 6) is 0.557. The van der Waals surface area contributed by atoms with Crippen molar-refractivity contribution < 1.29 is 18.4 Å². The van der Waals surface area contributed by atoms with Gasteiger partial charge in [0.05, 0.1) is 12.8 Å². The van der Waals surface area contributed by atoms with E-state index in [1.165, 1.54) is 6.26 Å². The van der Waals surface area contributed by atoms with Gasteiger partial charge in [0.25, 0.3) is 5.91 Å². The highest BCUT2D eigenvalue weighted by Crippen LogP contribution is 2.29. The number of carbonyl (C=O) groups excluding carboxylic acids is 2. The Morgan fingerprint density at radius 2 is 1.97 bits per heavy atom. The number of nitrogens with one attached hydrogen (secondary N) is 1. The zero-order chi connectivity index (χ0) is 20.2. The molecule has 0 atom stereocenters. The van der Waals surface area contributed by atoms with Gasteiger partial charge in [-0.05, 0) is 49.2 Å². The number of rotatable bonds is 8. The first-order valence-electron chi connectivity index (χ1n) is 9.29. The van der Waals surface area contributed by atoms with Crippen LogP contribution in [0.1, 0.15) is 35.7 Å². The van der Waals surface area contributed by atoms with Crippen LogP contribution in [0.3, 0.4) is 0 Å². The van der Waals surface area contributed by atoms with Crippen molar-refractivity contribution in [3.8, 4) is 11.5 Å². The van der Waals surface area contributed by atoms with Crippen LogP contribution < -0.4 is 5.32 Å². The van der Waals surface area contributed by atoms with E-state index in [1.54, 1.807) is 41.3 Å². The molecular formula is C20H19ClN4O4. The van der Waals surface area contributed by atoms with E-state index in [-0.39, 0.29) is 43.1 Å². The van der Waals surface area contributed by atoms with Crippen LogP contribution in [-0.2, 0) is 11.3 Å². The maximum Gasteiger partial charge on any atom is 0.286 e. The average molecular weight is 415 g/mol. The number of aromatic nitrogens is 2. The van der Waals surface area contributed by atoms with Crippen molar-refractivity contribution >= 4 is 23.4 Å². The normalized spacial score (nSPS) is 13.3. The zero-order valence-electron chi connectivity index (χ0n) is 15.5. The van der Waals surface area contributed by atoms with Gasteiger partial charge >= 0.3 is 0 Å². The molecule has 2 heterocycles. The Morgan fingerprint density at radius 3 is 2.66 bits per heavy atom. The van der Waals surface area contributed by atoms with Gasteiger partial charge < -0.3 is 19.1 Å². The number of amides is 2. The second kappa shape index (κ2) is 8.48. The Balaban J connectivity index is 1.34. The van der Waals surface area contributed by atoms with Crippen LogP contribution in [0, 0.1) is 0 Å². The van der Waals surface area contributed by atoms with Gasteiger partial charge in [-0.25, -0.2) is 0 Å². The number of furan rings is 1. The largest absolute Gasteiger partial charge is 0.459 e. The molecule has 4 rings (SSSR count). The third-order valence-electron chi connectivity index (χ3n) is 4.54. The molecule has 1 aliphatic carbocycles. The first-order chi connectivity index (χ1) is 14.1. The van der Waals surface area contributed by atoms with Crippen molar-refractivity contribution in [3.05, 3.63) is 59.3 Å². The summed E-state index contributed by atoms with van der Waals surface area (Å²) in [6.07, 6.45) is 3.50. The standard InChI is InChI=1S/C20H19ClN4O4/c21-14-5-3-13(4-6-14)20-24-23-17(29-20)12-25(15-7-8-15)18(26)9-10-22-19(27)16-2-1-11-28-16/h1-6,11,15H,7-10,12H2,(H,22,27). The third-order valence-corrected chi connectivity index (χ3v) is 4.79. The summed E-state index contributed by atoms with van der Waals surface area (Å²) in [6, 6.07) is 10.5. The first-order valence-corrected chi connectivity index (χ1v) is 9.67. The Kier molecular flexibility index (Phi) is 5.62. The lowest BCUT2D eigenvalue weighted by Gasteiger charge is -2.20. The van der Waals surface area contributed by atoms with E-state index in [9.17, 15) is 9.59 Å². The Bertz CT molecular complexity index is 980. The van der Waals surface area contributed by atoms with Gasteiger partial charge in [0.15, 0.2) is 5.76 Å². The molecule has 1 aromatic carbocycles. The second-order valence-corrected chi connectivity index (χ2v) is 7.18. The minimum Gasteiger partial charge on any atom is -0.459 e. The molecule has 29 heavy (non-hydrogen) atoms. The molecule has 0 radical (unpaired) electrons. The van der Waals surface area contributed by atoms with E-state index in [0.29, 0.717) is 16.8 Å². The summed E-state index contributed by atoms with van der Waals surface area (Å²) in [5, 5.41) is 11.4. The molecule has 2 amide bonds. The number of nitrogens with zero attached hydrogens (tertiary/aromatic N) is 3. The fourth-order valence-corrected chi connectivity index (χ4v) is 3.03. The van der Waals surface area contributed by atoms with E-state index in [2.05, 4.69) is 15.5 Å². The lowest BCUT2D eigenvalue weighted by molar-refractivity contribution is -0.132. The lowest BCUT2D eigenvalue weighted by atomic mass is 10.2. The molecule has 0 unspecified atom stereocenters. The zero-order valence-corrected chi connectivity index (χ0v) is 16.3. The van der Waals surface area contributed by atoms with Crippen LogP contribution in [0.5, 0.6) is 0 Å². The third kappa shape index (κ3) is 4.83. The molecule has 0 aliphatic heterocycles. The van der Waals surface area contributed by atoms with Crippen molar-refractivity contribution in [3.63, 3.8) is 0 Å². The van der Waals surface area contributed by atoms with E-state index in [1.807, 2.05) is 0 Å². The average Bonchev–Trinajstić information content (AvgIpc) is 3.20. The Hall–Kier alpha value is -3.13. The number of benzene rings is 1. The molecule has 0 saturated heterocycles. The fraction of sp³-hybridized carbons (Fsp3) is 0.300. The smallest absolute Gasteiger partial charge is 0.286 e. The summed E-state index contributed by atoms with van der Waals surface area (Å²) in [5.41, 5.74) is 0.762. The maximum atomic E-state index is 12.7. The topological polar surface area (TPSA) is 101 Å². The van der Waals surface area contributed by atoms with Crippen molar-refractivity contribution in [1.29, 1.82) is 0 Å². The minimum absolute atomic E-state index is 0.0708. The molecule has 1 aliphatic rings. The molecule has 9 heteroatoms. The number of halogens is 1. The van der Waals surface area contributed by atoms with Crippen molar-refractivity contribution in [2.45, 2.75) is 31.8 Å². The van der Waals surface area contributed by atoms with Crippen LogP contribution >= 0.6 is 11.6 Å². The van der Waals surface area contributed by atoms with Gasteiger partial charge in [0.2, 0.25) is 17.7 Å². The lowest BCUT2D eigenvalue weighted by Crippen LogP contribution is -2.35. The Morgan fingerprint density at radius 1 is 1.17 bits per heavy atom.